The SMILES string of the molecule is O=C(Nc1sc2c(c1C(=O)O)CCSC2)OCc1ccccc1. The predicted octanol–water partition coefficient (Wildman–Crippen LogP) is 3.98. The summed E-state index contributed by atoms with van der Waals surface area (Å²) >= 11 is 3.10. The van der Waals surface area contributed by atoms with Gasteiger partial charge in [0.25, 0.3) is 0 Å². The minimum absolute atomic E-state index is 0.149. The second kappa shape index (κ2) is 7.06. The van der Waals surface area contributed by atoms with E-state index in [0.29, 0.717) is 5.00 Å². The molecule has 0 radical (unpaired) electrons. The van der Waals surface area contributed by atoms with Crippen molar-refractivity contribution in [2.45, 2.75) is 18.8 Å². The van der Waals surface area contributed by atoms with E-state index in [2.05, 4.69) is 5.32 Å². The summed E-state index contributed by atoms with van der Waals surface area (Å²) in [7, 11) is 0. The third kappa shape index (κ3) is 3.68. The number of nitrogens with one attached hydrogen (secondary N) is 1. The number of amides is 1. The van der Waals surface area contributed by atoms with E-state index in [1.54, 1.807) is 11.8 Å². The number of benzene rings is 1. The zero-order chi connectivity index (χ0) is 16.2. The van der Waals surface area contributed by atoms with E-state index in [4.69, 9.17) is 4.74 Å². The van der Waals surface area contributed by atoms with Gasteiger partial charge >= 0.3 is 12.1 Å². The van der Waals surface area contributed by atoms with Crippen molar-refractivity contribution in [3.05, 3.63) is 51.9 Å². The van der Waals surface area contributed by atoms with Crippen molar-refractivity contribution in [1.82, 2.24) is 0 Å². The fourth-order valence-electron chi connectivity index (χ4n) is 2.40. The summed E-state index contributed by atoms with van der Waals surface area (Å²) in [5.74, 6) is 0.691. The van der Waals surface area contributed by atoms with E-state index in [1.807, 2.05) is 30.3 Å². The summed E-state index contributed by atoms with van der Waals surface area (Å²) < 4.78 is 5.16. The van der Waals surface area contributed by atoms with Gasteiger partial charge in [0.15, 0.2) is 0 Å². The molecule has 2 heterocycles. The first-order chi connectivity index (χ1) is 11.1. The molecule has 1 aliphatic rings. The number of carbonyl (C=O) groups excluding carboxylic acids is 1. The highest BCUT2D eigenvalue weighted by Crippen LogP contribution is 2.39. The van der Waals surface area contributed by atoms with Gasteiger partial charge in [0.1, 0.15) is 11.6 Å². The van der Waals surface area contributed by atoms with Crippen LogP contribution in [0.25, 0.3) is 0 Å². The maximum atomic E-state index is 11.9. The largest absolute Gasteiger partial charge is 0.478 e. The van der Waals surface area contributed by atoms with Crippen LogP contribution in [0.4, 0.5) is 9.80 Å². The number of carbonyl (C=O) groups is 2. The molecule has 0 saturated heterocycles. The Labute approximate surface area is 141 Å². The van der Waals surface area contributed by atoms with Gasteiger partial charge in [-0.1, -0.05) is 30.3 Å². The van der Waals surface area contributed by atoms with Crippen molar-refractivity contribution < 1.29 is 19.4 Å². The van der Waals surface area contributed by atoms with E-state index < -0.39 is 12.1 Å². The highest BCUT2D eigenvalue weighted by Gasteiger charge is 2.26. The standard InChI is InChI=1S/C16H15NO4S2/c18-15(19)13-11-6-7-22-9-12(11)23-14(13)17-16(20)21-8-10-4-2-1-3-5-10/h1-5H,6-9H2,(H,17,20)(H,18,19). The fraction of sp³-hybridized carbons (Fsp3) is 0.250. The minimum Gasteiger partial charge on any atom is -0.478 e. The van der Waals surface area contributed by atoms with Crippen LogP contribution in [0.3, 0.4) is 0 Å². The molecule has 0 saturated carbocycles. The van der Waals surface area contributed by atoms with Gasteiger partial charge in [0.2, 0.25) is 0 Å². The second-order valence-corrected chi connectivity index (χ2v) is 7.21. The summed E-state index contributed by atoms with van der Waals surface area (Å²) in [4.78, 5) is 24.5. The quantitative estimate of drug-likeness (QED) is 0.873. The normalized spacial score (nSPS) is 13.2. The molecule has 0 bridgehead atoms. The summed E-state index contributed by atoms with van der Waals surface area (Å²) in [6.07, 6.45) is 0.0846. The Morgan fingerprint density at radius 3 is 2.78 bits per heavy atom. The first-order valence-corrected chi connectivity index (χ1v) is 9.05. The Morgan fingerprint density at radius 1 is 1.26 bits per heavy atom. The number of aromatic carboxylic acids is 1. The van der Waals surface area contributed by atoms with E-state index in [1.165, 1.54) is 11.3 Å². The molecule has 0 spiro atoms. The van der Waals surface area contributed by atoms with Crippen molar-refractivity contribution in [3.63, 3.8) is 0 Å². The maximum absolute atomic E-state index is 11.9. The fourth-order valence-corrected chi connectivity index (χ4v) is 4.76. The molecule has 120 valence electrons. The van der Waals surface area contributed by atoms with Crippen LogP contribution in [0.1, 0.15) is 26.4 Å². The number of carboxylic acids is 1. The van der Waals surface area contributed by atoms with E-state index in [9.17, 15) is 14.7 Å². The molecule has 3 rings (SSSR count). The van der Waals surface area contributed by atoms with Gasteiger partial charge in [-0.2, -0.15) is 11.8 Å². The molecule has 1 aromatic carbocycles. The first-order valence-electron chi connectivity index (χ1n) is 7.08. The lowest BCUT2D eigenvalue weighted by Gasteiger charge is -2.10. The number of hydrogen-bond acceptors (Lipinski definition) is 5. The average molecular weight is 349 g/mol. The Balaban J connectivity index is 1.71. The molecule has 0 aliphatic carbocycles. The third-order valence-electron chi connectivity index (χ3n) is 3.46. The van der Waals surface area contributed by atoms with Crippen molar-refractivity contribution >= 4 is 40.2 Å². The van der Waals surface area contributed by atoms with Crippen molar-refractivity contribution in [2.24, 2.45) is 0 Å². The van der Waals surface area contributed by atoms with Gasteiger partial charge in [0, 0.05) is 10.6 Å². The number of rotatable bonds is 4. The average Bonchev–Trinajstić information content (AvgIpc) is 2.91. The molecule has 2 N–H and O–H groups in total. The van der Waals surface area contributed by atoms with Crippen molar-refractivity contribution in [2.75, 3.05) is 11.1 Å². The number of anilines is 1. The lowest BCUT2D eigenvalue weighted by molar-refractivity contribution is 0.0697. The number of thiophene rings is 1. The van der Waals surface area contributed by atoms with Crippen LogP contribution < -0.4 is 5.32 Å². The Hall–Kier alpha value is -1.99. The molecular weight excluding hydrogens is 334 g/mol. The van der Waals surface area contributed by atoms with Crippen LogP contribution in [0, 0.1) is 0 Å². The van der Waals surface area contributed by atoms with Crippen LogP contribution in [0.5, 0.6) is 0 Å². The molecule has 23 heavy (non-hydrogen) atoms. The minimum atomic E-state index is -1.01. The van der Waals surface area contributed by atoms with Gasteiger partial charge in [0.05, 0.1) is 5.56 Å². The third-order valence-corrected chi connectivity index (χ3v) is 5.78. The summed E-state index contributed by atoms with van der Waals surface area (Å²) in [6, 6.07) is 9.33. The Kier molecular flexibility index (Phi) is 4.88. The van der Waals surface area contributed by atoms with Gasteiger partial charge in [-0.05, 0) is 23.3 Å². The lowest BCUT2D eigenvalue weighted by atomic mass is 10.1. The number of carboxylic acid groups (broad SMARTS) is 1. The van der Waals surface area contributed by atoms with Crippen molar-refractivity contribution in [1.29, 1.82) is 0 Å². The molecule has 0 fully saturated rings. The monoisotopic (exact) mass is 349 g/mol. The molecule has 7 heteroatoms. The molecule has 2 aromatic rings. The molecule has 1 amide bonds. The van der Waals surface area contributed by atoms with Crippen LogP contribution in [-0.4, -0.2) is 22.9 Å². The summed E-state index contributed by atoms with van der Waals surface area (Å²) in [6.45, 7) is 0.149. The number of hydrogen-bond donors (Lipinski definition) is 2. The number of thioether (sulfide) groups is 1. The molecule has 1 aromatic heterocycles. The lowest BCUT2D eigenvalue weighted by Crippen LogP contribution is -2.15. The zero-order valence-corrected chi connectivity index (χ0v) is 13.8. The van der Waals surface area contributed by atoms with Crippen LogP contribution in [-0.2, 0) is 23.5 Å². The van der Waals surface area contributed by atoms with Gasteiger partial charge in [-0.3, -0.25) is 5.32 Å². The van der Waals surface area contributed by atoms with Gasteiger partial charge < -0.3 is 9.84 Å². The zero-order valence-electron chi connectivity index (χ0n) is 12.2. The molecule has 5 nitrogen and oxygen atoms in total. The first kappa shape index (κ1) is 15.9. The summed E-state index contributed by atoms with van der Waals surface area (Å²) in [5, 5.41) is 12.4. The smallest absolute Gasteiger partial charge is 0.412 e. The molecular formula is C16H15NO4S2. The highest BCUT2D eigenvalue weighted by atomic mass is 32.2. The van der Waals surface area contributed by atoms with E-state index in [-0.39, 0.29) is 12.2 Å². The van der Waals surface area contributed by atoms with Crippen LogP contribution in [0.2, 0.25) is 0 Å². The highest BCUT2D eigenvalue weighted by molar-refractivity contribution is 7.98. The van der Waals surface area contributed by atoms with Crippen molar-refractivity contribution in [3.8, 4) is 0 Å². The van der Waals surface area contributed by atoms with Crippen LogP contribution >= 0.6 is 23.1 Å². The van der Waals surface area contributed by atoms with Crippen LogP contribution in [0.15, 0.2) is 30.3 Å². The molecule has 0 atom stereocenters. The van der Waals surface area contributed by atoms with Gasteiger partial charge in [-0.25, -0.2) is 9.59 Å². The molecule has 1 aliphatic heterocycles. The number of fused-ring (bicyclic) bond motifs is 1. The summed E-state index contributed by atoms with van der Waals surface area (Å²) in [5.41, 5.74) is 1.93. The van der Waals surface area contributed by atoms with E-state index >= 15 is 0 Å². The molecule has 0 unspecified atom stereocenters. The second-order valence-electron chi connectivity index (χ2n) is 5.00. The Morgan fingerprint density at radius 2 is 2.04 bits per heavy atom. The maximum Gasteiger partial charge on any atom is 0.412 e. The van der Waals surface area contributed by atoms with Gasteiger partial charge in [-0.15, -0.1) is 11.3 Å². The number of ether oxygens (including phenoxy) is 1. The Bertz CT molecular complexity index is 727. The topological polar surface area (TPSA) is 75.6 Å². The predicted molar refractivity (Wildman–Crippen MR) is 91.4 cm³/mol. The van der Waals surface area contributed by atoms with E-state index in [0.717, 1.165) is 33.9 Å².